The number of carbonyl (C=O) groups excluding carboxylic acids is 1. The van der Waals surface area contributed by atoms with Crippen LogP contribution in [0, 0.1) is 0 Å². The summed E-state index contributed by atoms with van der Waals surface area (Å²) in [4.78, 5) is 12.1. The fourth-order valence-electron chi connectivity index (χ4n) is 2.08. The second-order valence-corrected chi connectivity index (χ2v) is 6.02. The summed E-state index contributed by atoms with van der Waals surface area (Å²) >= 11 is 3.26. The van der Waals surface area contributed by atoms with Gasteiger partial charge in [0.1, 0.15) is 12.1 Å². The lowest BCUT2D eigenvalue weighted by atomic mass is 10.1. The molecule has 0 saturated heterocycles. The summed E-state index contributed by atoms with van der Waals surface area (Å²) in [7, 11) is 0. The van der Waals surface area contributed by atoms with Crippen molar-refractivity contribution in [1.29, 1.82) is 0 Å². The fraction of sp³-hybridized carbons (Fsp3) is 0.0625. The second-order valence-electron chi connectivity index (χ2n) is 5.10. The third-order valence-corrected chi connectivity index (χ3v) is 3.92. The molecule has 0 bridgehead atoms. The van der Waals surface area contributed by atoms with E-state index in [0.29, 0.717) is 10.2 Å². The molecule has 3 rings (SSSR count). The van der Waals surface area contributed by atoms with Crippen LogP contribution in [0.3, 0.4) is 0 Å². The second kappa shape index (κ2) is 7.22. The standard InChI is InChI=1S/C16H13BrN6O2/c1-10(11-2-5-13(6-3-11)23-9-18-21-22-23)19-20-16(25)14-8-12(17)4-7-15(14)24/h2-9,24H,1H3,(H,20,25)/b19-10+. The van der Waals surface area contributed by atoms with Crippen molar-refractivity contribution in [3.8, 4) is 11.4 Å². The van der Waals surface area contributed by atoms with Crippen molar-refractivity contribution >= 4 is 27.5 Å². The lowest BCUT2D eigenvalue weighted by molar-refractivity contribution is 0.0952. The zero-order chi connectivity index (χ0) is 17.8. The summed E-state index contributed by atoms with van der Waals surface area (Å²) < 4.78 is 2.22. The van der Waals surface area contributed by atoms with Gasteiger partial charge in [-0.15, -0.1) is 5.10 Å². The number of tetrazole rings is 1. The first kappa shape index (κ1) is 16.8. The lowest BCUT2D eigenvalue weighted by Gasteiger charge is -2.06. The number of nitrogens with one attached hydrogen (secondary N) is 1. The van der Waals surface area contributed by atoms with E-state index < -0.39 is 5.91 Å². The molecule has 0 radical (unpaired) electrons. The van der Waals surface area contributed by atoms with E-state index in [-0.39, 0.29) is 11.3 Å². The average Bonchev–Trinajstić information content (AvgIpc) is 3.16. The minimum atomic E-state index is -0.497. The molecule has 0 spiro atoms. The Bertz CT molecular complexity index is 922. The summed E-state index contributed by atoms with van der Waals surface area (Å²) in [5, 5.41) is 24.8. The van der Waals surface area contributed by atoms with Crippen LogP contribution in [0.15, 0.2) is 58.4 Å². The maximum atomic E-state index is 12.1. The van der Waals surface area contributed by atoms with Crippen LogP contribution in [-0.4, -0.2) is 36.9 Å². The smallest absolute Gasteiger partial charge is 0.275 e. The quantitative estimate of drug-likeness (QED) is 0.516. The number of phenolic OH excluding ortho intramolecular Hbond substituents is 1. The number of amides is 1. The van der Waals surface area contributed by atoms with Gasteiger partial charge in [-0.05, 0) is 53.2 Å². The molecule has 0 fully saturated rings. The molecule has 1 aromatic heterocycles. The van der Waals surface area contributed by atoms with Gasteiger partial charge < -0.3 is 5.11 Å². The normalized spacial score (nSPS) is 11.4. The molecule has 0 aliphatic rings. The van der Waals surface area contributed by atoms with Gasteiger partial charge in [0.05, 0.1) is 17.0 Å². The van der Waals surface area contributed by atoms with Crippen LogP contribution in [0.5, 0.6) is 5.75 Å². The van der Waals surface area contributed by atoms with Crippen LogP contribution in [0.2, 0.25) is 0 Å². The predicted molar refractivity (Wildman–Crippen MR) is 94.6 cm³/mol. The molecule has 0 aliphatic heterocycles. The fourth-order valence-corrected chi connectivity index (χ4v) is 2.45. The number of hydrogen-bond acceptors (Lipinski definition) is 6. The van der Waals surface area contributed by atoms with Crippen molar-refractivity contribution in [3.63, 3.8) is 0 Å². The molecule has 126 valence electrons. The van der Waals surface area contributed by atoms with Crippen LogP contribution >= 0.6 is 15.9 Å². The Kier molecular flexibility index (Phi) is 4.85. The maximum Gasteiger partial charge on any atom is 0.275 e. The van der Waals surface area contributed by atoms with E-state index >= 15 is 0 Å². The summed E-state index contributed by atoms with van der Waals surface area (Å²) in [5.74, 6) is -0.609. The number of aromatic nitrogens is 4. The van der Waals surface area contributed by atoms with Gasteiger partial charge in [-0.1, -0.05) is 28.1 Å². The number of aromatic hydroxyl groups is 1. The maximum absolute atomic E-state index is 12.1. The molecule has 0 saturated carbocycles. The van der Waals surface area contributed by atoms with E-state index in [1.807, 2.05) is 24.3 Å². The Morgan fingerprint density at radius 1 is 1.24 bits per heavy atom. The number of hydrogen-bond donors (Lipinski definition) is 2. The first-order valence-corrected chi connectivity index (χ1v) is 8.01. The molecule has 1 amide bonds. The van der Waals surface area contributed by atoms with Gasteiger partial charge in [0.25, 0.3) is 5.91 Å². The number of hydrazone groups is 1. The first-order valence-electron chi connectivity index (χ1n) is 7.21. The van der Waals surface area contributed by atoms with Gasteiger partial charge in [-0.2, -0.15) is 5.10 Å². The van der Waals surface area contributed by atoms with Crippen molar-refractivity contribution in [2.75, 3.05) is 0 Å². The Morgan fingerprint density at radius 3 is 2.68 bits per heavy atom. The number of carbonyl (C=O) groups is 1. The Balaban J connectivity index is 1.73. The van der Waals surface area contributed by atoms with E-state index in [2.05, 4.69) is 42.0 Å². The molecule has 2 aromatic carbocycles. The summed E-state index contributed by atoms with van der Waals surface area (Å²) in [6.45, 7) is 1.77. The van der Waals surface area contributed by atoms with Crippen LogP contribution in [0.1, 0.15) is 22.8 Å². The van der Waals surface area contributed by atoms with Gasteiger partial charge in [-0.25, -0.2) is 10.1 Å². The zero-order valence-electron chi connectivity index (χ0n) is 13.1. The van der Waals surface area contributed by atoms with Gasteiger partial charge in [0.15, 0.2) is 0 Å². The molecule has 0 unspecified atom stereocenters. The highest BCUT2D eigenvalue weighted by Crippen LogP contribution is 2.21. The number of rotatable bonds is 4. The van der Waals surface area contributed by atoms with Gasteiger partial charge in [0.2, 0.25) is 0 Å². The van der Waals surface area contributed by atoms with Gasteiger partial charge in [-0.3, -0.25) is 4.79 Å². The minimum Gasteiger partial charge on any atom is -0.507 e. The van der Waals surface area contributed by atoms with Gasteiger partial charge >= 0.3 is 0 Å². The molecular weight excluding hydrogens is 388 g/mol. The molecule has 0 aliphatic carbocycles. The van der Waals surface area contributed by atoms with Crippen molar-refractivity contribution < 1.29 is 9.90 Å². The van der Waals surface area contributed by atoms with E-state index in [1.165, 1.54) is 23.1 Å². The van der Waals surface area contributed by atoms with E-state index in [0.717, 1.165) is 11.3 Å². The molecule has 9 heteroatoms. The van der Waals surface area contributed by atoms with Crippen molar-refractivity contribution in [1.82, 2.24) is 25.6 Å². The van der Waals surface area contributed by atoms with E-state index in [4.69, 9.17) is 0 Å². The first-order chi connectivity index (χ1) is 12.0. The molecule has 3 aromatic rings. The van der Waals surface area contributed by atoms with Crippen molar-refractivity contribution in [3.05, 3.63) is 64.4 Å². The minimum absolute atomic E-state index is 0.112. The number of phenols is 1. The van der Waals surface area contributed by atoms with E-state index in [9.17, 15) is 9.90 Å². The molecule has 8 nitrogen and oxygen atoms in total. The summed E-state index contributed by atoms with van der Waals surface area (Å²) in [6.07, 6.45) is 1.50. The van der Waals surface area contributed by atoms with E-state index in [1.54, 1.807) is 13.0 Å². The largest absolute Gasteiger partial charge is 0.507 e. The Labute approximate surface area is 151 Å². The SMILES string of the molecule is C/C(=N\NC(=O)c1cc(Br)ccc1O)c1ccc(-n2cnnn2)cc1. The highest BCUT2D eigenvalue weighted by atomic mass is 79.9. The third-order valence-electron chi connectivity index (χ3n) is 3.43. The molecule has 25 heavy (non-hydrogen) atoms. The van der Waals surface area contributed by atoms with Crippen molar-refractivity contribution in [2.24, 2.45) is 5.10 Å². The lowest BCUT2D eigenvalue weighted by Crippen LogP contribution is -2.19. The summed E-state index contributed by atoms with van der Waals surface area (Å²) in [6, 6.07) is 12.0. The molecule has 1 heterocycles. The highest BCUT2D eigenvalue weighted by molar-refractivity contribution is 9.10. The molecule has 2 N–H and O–H groups in total. The Hall–Kier alpha value is -3.07. The topological polar surface area (TPSA) is 105 Å². The average molecular weight is 401 g/mol. The van der Waals surface area contributed by atoms with Crippen molar-refractivity contribution in [2.45, 2.75) is 6.92 Å². The highest BCUT2D eigenvalue weighted by Gasteiger charge is 2.11. The predicted octanol–water partition coefficient (Wildman–Crippen LogP) is 2.28. The number of nitrogens with zero attached hydrogens (tertiary/aromatic N) is 5. The summed E-state index contributed by atoms with van der Waals surface area (Å²) in [5.41, 5.74) is 4.83. The number of benzene rings is 2. The van der Waals surface area contributed by atoms with Crippen LogP contribution < -0.4 is 5.43 Å². The van der Waals surface area contributed by atoms with Crippen LogP contribution in [-0.2, 0) is 0 Å². The van der Waals surface area contributed by atoms with Crippen LogP contribution in [0.4, 0.5) is 0 Å². The number of halogens is 1. The Morgan fingerprint density at radius 2 is 2.00 bits per heavy atom. The monoisotopic (exact) mass is 400 g/mol. The third kappa shape index (κ3) is 3.89. The van der Waals surface area contributed by atoms with Gasteiger partial charge in [0, 0.05) is 4.47 Å². The zero-order valence-corrected chi connectivity index (χ0v) is 14.7. The molecule has 0 atom stereocenters. The molecular formula is C16H13BrN6O2. The van der Waals surface area contributed by atoms with Crippen LogP contribution in [0.25, 0.3) is 5.69 Å².